The van der Waals surface area contributed by atoms with E-state index in [9.17, 15) is 8.78 Å². The van der Waals surface area contributed by atoms with Crippen LogP contribution in [0.1, 0.15) is 22.7 Å². The van der Waals surface area contributed by atoms with Crippen LogP contribution in [0, 0.1) is 18.6 Å². The maximum absolute atomic E-state index is 13.6. The van der Waals surface area contributed by atoms with Crippen LogP contribution in [-0.4, -0.2) is 7.11 Å². The fraction of sp³-hybridized carbons (Fsp3) is 0.250. The van der Waals surface area contributed by atoms with Crippen molar-refractivity contribution in [3.63, 3.8) is 0 Å². The van der Waals surface area contributed by atoms with E-state index >= 15 is 0 Å². The van der Waals surface area contributed by atoms with Crippen molar-refractivity contribution in [1.29, 1.82) is 0 Å². The molecule has 0 fully saturated rings. The van der Waals surface area contributed by atoms with Gasteiger partial charge in [-0.1, -0.05) is 18.2 Å². The summed E-state index contributed by atoms with van der Waals surface area (Å²) >= 11 is 0. The summed E-state index contributed by atoms with van der Waals surface area (Å²) in [7, 11) is 1.59. The average molecular weight is 277 g/mol. The van der Waals surface area contributed by atoms with Crippen molar-refractivity contribution in [2.75, 3.05) is 7.11 Å². The number of halogens is 2. The molecular formula is C16H17F2NO. The lowest BCUT2D eigenvalue weighted by Crippen LogP contribution is -2.15. The average Bonchev–Trinajstić information content (AvgIpc) is 2.42. The van der Waals surface area contributed by atoms with Gasteiger partial charge in [0.05, 0.1) is 7.11 Å². The van der Waals surface area contributed by atoms with Gasteiger partial charge in [-0.25, -0.2) is 8.78 Å². The fourth-order valence-electron chi connectivity index (χ4n) is 2.20. The zero-order valence-corrected chi connectivity index (χ0v) is 11.5. The van der Waals surface area contributed by atoms with Gasteiger partial charge < -0.3 is 10.5 Å². The third kappa shape index (κ3) is 2.96. The fourth-order valence-corrected chi connectivity index (χ4v) is 2.20. The first-order chi connectivity index (χ1) is 9.52. The van der Waals surface area contributed by atoms with Gasteiger partial charge in [0.1, 0.15) is 17.4 Å². The predicted octanol–water partition coefficient (Wildman–Crippen LogP) is 3.52. The normalized spacial score (nSPS) is 12.2. The number of rotatable bonds is 4. The van der Waals surface area contributed by atoms with Crippen molar-refractivity contribution in [2.45, 2.75) is 19.4 Å². The summed E-state index contributed by atoms with van der Waals surface area (Å²) in [6.45, 7) is 1.90. The van der Waals surface area contributed by atoms with E-state index < -0.39 is 17.7 Å². The highest BCUT2D eigenvalue weighted by atomic mass is 19.1. The van der Waals surface area contributed by atoms with E-state index in [1.807, 2.05) is 25.1 Å². The van der Waals surface area contributed by atoms with Crippen LogP contribution >= 0.6 is 0 Å². The monoisotopic (exact) mass is 277 g/mol. The molecule has 0 saturated heterocycles. The molecule has 2 nitrogen and oxygen atoms in total. The van der Waals surface area contributed by atoms with E-state index in [1.54, 1.807) is 7.11 Å². The van der Waals surface area contributed by atoms with E-state index in [0.717, 1.165) is 16.9 Å². The molecule has 1 atom stereocenters. The molecule has 20 heavy (non-hydrogen) atoms. The topological polar surface area (TPSA) is 35.2 Å². The quantitative estimate of drug-likeness (QED) is 0.928. The minimum Gasteiger partial charge on any atom is -0.496 e. The molecule has 0 saturated carbocycles. The van der Waals surface area contributed by atoms with Crippen LogP contribution in [0.25, 0.3) is 0 Å². The SMILES string of the molecule is COc1ccc(C(N)Cc2c(F)cccc2F)cc1C. The molecule has 0 heterocycles. The van der Waals surface area contributed by atoms with E-state index in [1.165, 1.54) is 18.2 Å². The smallest absolute Gasteiger partial charge is 0.129 e. The van der Waals surface area contributed by atoms with Gasteiger partial charge in [0, 0.05) is 11.6 Å². The van der Waals surface area contributed by atoms with Gasteiger partial charge in [0.2, 0.25) is 0 Å². The van der Waals surface area contributed by atoms with Crippen LogP contribution in [-0.2, 0) is 6.42 Å². The van der Waals surface area contributed by atoms with E-state index in [4.69, 9.17) is 10.5 Å². The number of nitrogens with two attached hydrogens (primary N) is 1. The van der Waals surface area contributed by atoms with Crippen molar-refractivity contribution in [3.05, 3.63) is 64.7 Å². The molecule has 0 amide bonds. The van der Waals surface area contributed by atoms with Crippen molar-refractivity contribution in [3.8, 4) is 5.75 Å². The molecule has 0 aliphatic heterocycles. The Labute approximate surface area is 117 Å². The maximum Gasteiger partial charge on any atom is 0.129 e. The van der Waals surface area contributed by atoms with E-state index in [-0.39, 0.29) is 12.0 Å². The number of aryl methyl sites for hydroxylation is 1. The minimum absolute atomic E-state index is 0.0217. The van der Waals surface area contributed by atoms with Gasteiger partial charge >= 0.3 is 0 Å². The third-order valence-corrected chi connectivity index (χ3v) is 3.33. The highest BCUT2D eigenvalue weighted by Crippen LogP contribution is 2.25. The van der Waals surface area contributed by atoms with E-state index in [0.29, 0.717) is 0 Å². The van der Waals surface area contributed by atoms with Gasteiger partial charge in [0.15, 0.2) is 0 Å². The van der Waals surface area contributed by atoms with Crippen LogP contribution < -0.4 is 10.5 Å². The Balaban J connectivity index is 2.24. The second-order valence-electron chi connectivity index (χ2n) is 4.74. The summed E-state index contributed by atoms with van der Waals surface area (Å²) in [4.78, 5) is 0. The Kier molecular flexibility index (Phi) is 4.35. The maximum atomic E-state index is 13.6. The van der Waals surface area contributed by atoms with Crippen molar-refractivity contribution >= 4 is 0 Å². The summed E-state index contributed by atoms with van der Waals surface area (Å²) in [5.41, 5.74) is 7.84. The Hall–Kier alpha value is -1.94. The summed E-state index contributed by atoms with van der Waals surface area (Å²) in [6, 6.07) is 8.86. The molecule has 0 radical (unpaired) electrons. The molecule has 2 aromatic rings. The van der Waals surface area contributed by atoms with Gasteiger partial charge in [0.25, 0.3) is 0 Å². The lowest BCUT2D eigenvalue weighted by Gasteiger charge is -2.15. The Morgan fingerprint density at radius 2 is 1.80 bits per heavy atom. The highest BCUT2D eigenvalue weighted by Gasteiger charge is 2.15. The zero-order valence-electron chi connectivity index (χ0n) is 11.5. The first kappa shape index (κ1) is 14.5. The molecule has 2 rings (SSSR count). The van der Waals surface area contributed by atoms with Crippen molar-refractivity contribution in [2.24, 2.45) is 5.73 Å². The molecule has 0 spiro atoms. The number of hydrogen-bond acceptors (Lipinski definition) is 2. The minimum atomic E-state index is -0.564. The third-order valence-electron chi connectivity index (χ3n) is 3.33. The van der Waals surface area contributed by atoms with Crippen LogP contribution in [0.3, 0.4) is 0 Å². The standard InChI is InChI=1S/C16H17F2NO/c1-10-8-11(6-7-16(10)20-2)15(19)9-12-13(17)4-3-5-14(12)18/h3-8,15H,9,19H2,1-2H3. The summed E-state index contributed by atoms with van der Waals surface area (Å²) in [5.74, 6) is -0.366. The summed E-state index contributed by atoms with van der Waals surface area (Å²) < 4.78 is 32.4. The molecule has 4 heteroatoms. The second-order valence-corrected chi connectivity index (χ2v) is 4.74. The van der Waals surface area contributed by atoms with Gasteiger partial charge in [-0.3, -0.25) is 0 Å². The number of benzene rings is 2. The first-order valence-corrected chi connectivity index (χ1v) is 6.36. The lowest BCUT2D eigenvalue weighted by atomic mass is 9.97. The van der Waals surface area contributed by atoms with Crippen LogP contribution in [0.15, 0.2) is 36.4 Å². The molecule has 0 aliphatic rings. The molecule has 0 aliphatic carbocycles. The molecule has 0 bridgehead atoms. The molecule has 1 unspecified atom stereocenters. The molecular weight excluding hydrogens is 260 g/mol. The summed E-state index contributed by atoms with van der Waals surface area (Å²) in [6.07, 6.45) is 0.115. The number of methoxy groups -OCH3 is 1. The molecule has 2 aromatic carbocycles. The van der Waals surface area contributed by atoms with Crippen molar-refractivity contribution < 1.29 is 13.5 Å². The highest BCUT2D eigenvalue weighted by molar-refractivity contribution is 5.38. The Morgan fingerprint density at radius 3 is 2.35 bits per heavy atom. The predicted molar refractivity (Wildman–Crippen MR) is 74.7 cm³/mol. The Morgan fingerprint density at radius 1 is 1.15 bits per heavy atom. The van der Waals surface area contributed by atoms with Crippen LogP contribution in [0.5, 0.6) is 5.75 Å². The first-order valence-electron chi connectivity index (χ1n) is 6.36. The van der Waals surface area contributed by atoms with Gasteiger partial charge in [-0.15, -0.1) is 0 Å². The molecule has 106 valence electrons. The van der Waals surface area contributed by atoms with Crippen LogP contribution in [0.2, 0.25) is 0 Å². The zero-order chi connectivity index (χ0) is 14.7. The molecule has 0 aromatic heterocycles. The lowest BCUT2D eigenvalue weighted by molar-refractivity contribution is 0.411. The summed E-state index contributed by atoms with van der Waals surface area (Å²) in [5, 5.41) is 0. The largest absolute Gasteiger partial charge is 0.496 e. The number of hydrogen-bond donors (Lipinski definition) is 1. The number of ether oxygens (including phenoxy) is 1. The van der Waals surface area contributed by atoms with Crippen molar-refractivity contribution in [1.82, 2.24) is 0 Å². The Bertz CT molecular complexity index is 593. The van der Waals surface area contributed by atoms with Gasteiger partial charge in [-0.2, -0.15) is 0 Å². The van der Waals surface area contributed by atoms with Crippen LogP contribution in [0.4, 0.5) is 8.78 Å². The van der Waals surface area contributed by atoms with Gasteiger partial charge in [-0.05, 0) is 42.7 Å². The molecule has 2 N–H and O–H groups in total. The van der Waals surface area contributed by atoms with E-state index in [2.05, 4.69) is 0 Å². The second kappa shape index (κ2) is 6.01.